The minimum Gasteiger partial charge on any atom is -0.481 e. The molecule has 2 rings (SSSR count). The number of aliphatic carboxylic acids is 1. The van der Waals surface area contributed by atoms with Gasteiger partial charge in [0, 0.05) is 6.61 Å². The number of nitrogens with zero attached hydrogens (tertiary/aromatic N) is 3. The summed E-state index contributed by atoms with van der Waals surface area (Å²) in [5, 5.41) is 16.9. The van der Waals surface area contributed by atoms with Crippen LogP contribution in [0.4, 0.5) is 0 Å². The second kappa shape index (κ2) is 4.53. The van der Waals surface area contributed by atoms with Crippen LogP contribution in [0.2, 0.25) is 0 Å². The van der Waals surface area contributed by atoms with Crippen LogP contribution in [0, 0.1) is 0 Å². The molecule has 0 aromatic carbocycles. The summed E-state index contributed by atoms with van der Waals surface area (Å²) in [7, 11) is 0. The van der Waals surface area contributed by atoms with Gasteiger partial charge in [0.15, 0.2) is 5.82 Å². The highest BCUT2D eigenvalue weighted by Crippen LogP contribution is 2.34. The molecule has 3 N–H and O–H groups in total. The van der Waals surface area contributed by atoms with Crippen LogP contribution in [0.25, 0.3) is 0 Å². The summed E-state index contributed by atoms with van der Waals surface area (Å²) in [6.07, 6.45) is 1.80. The molecule has 1 fully saturated rings. The summed E-state index contributed by atoms with van der Waals surface area (Å²) in [6.45, 7) is 2.60. The van der Waals surface area contributed by atoms with Crippen molar-refractivity contribution in [1.82, 2.24) is 14.9 Å². The van der Waals surface area contributed by atoms with Crippen molar-refractivity contribution >= 4 is 17.7 Å². The average molecular weight is 258 g/mol. The van der Waals surface area contributed by atoms with E-state index in [9.17, 15) is 4.79 Å². The van der Waals surface area contributed by atoms with Crippen LogP contribution in [-0.4, -0.2) is 38.3 Å². The third kappa shape index (κ3) is 2.37. The molecule has 1 aromatic rings. The van der Waals surface area contributed by atoms with Gasteiger partial charge >= 0.3 is 5.97 Å². The molecule has 1 aliphatic heterocycles. The van der Waals surface area contributed by atoms with E-state index in [1.807, 2.05) is 6.92 Å². The number of thioether (sulfide) groups is 1. The van der Waals surface area contributed by atoms with Gasteiger partial charge in [0.25, 0.3) is 0 Å². The number of hydrogen-bond acceptors (Lipinski definition) is 6. The fourth-order valence-corrected chi connectivity index (χ4v) is 2.39. The van der Waals surface area contributed by atoms with E-state index in [2.05, 4.69) is 10.2 Å². The van der Waals surface area contributed by atoms with Crippen LogP contribution in [-0.2, 0) is 15.1 Å². The second-order valence-corrected chi connectivity index (χ2v) is 4.98. The van der Waals surface area contributed by atoms with E-state index in [-0.39, 0.29) is 5.75 Å². The number of carboxylic acids is 1. The van der Waals surface area contributed by atoms with Crippen molar-refractivity contribution in [3.63, 3.8) is 0 Å². The molecule has 1 unspecified atom stereocenters. The van der Waals surface area contributed by atoms with Gasteiger partial charge < -0.3 is 15.7 Å². The zero-order chi connectivity index (χ0) is 12.5. The molecule has 0 saturated carbocycles. The minimum atomic E-state index is -0.914. The van der Waals surface area contributed by atoms with Crippen LogP contribution >= 0.6 is 11.8 Å². The summed E-state index contributed by atoms with van der Waals surface area (Å²) in [4.78, 5) is 10.5. The smallest absolute Gasteiger partial charge is 0.313 e. The van der Waals surface area contributed by atoms with Crippen LogP contribution in [0.5, 0.6) is 0 Å². The van der Waals surface area contributed by atoms with E-state index in [4.69, 9.17) is 15.7 Å². The van der Waals surface area contributed by atoms with Crippen LogP contribution < -0.4 is 5.84 Å². The maximum atomic E-state index is 10.5. The molecule has 8 heteroatoms. The molecule has 0 amide bonds. The number of carboxylic acid groups (broad SMARTS) is 1. The lowest BCUT2D eigenvalue weighted by Gasteiger charge is -2.21. The molecule has 2 heterocycles. The van der Waals surface area contributed by atoms with Crippen molar-refractivity contribution in [3.05, 3.63) is 5.82 Å². The Hall–Kier alpha value is -1.28. The Morgan fingerprint density at radius 2 is 2.47 bits per heavy atom. The SMILES string of the molecule is CC1(c2nnc(SCC(=O)O)n2N)CCCO1. The molecule has 17 heavy (non-hydrogen) atoms. The fourth-order valence-electron chi connectivity index (χ4n) is 1.82. The first-order valence-electron chi connectivity index (χ1n) is 5.22. The van der Waals surface area contributed by atoms with E-state index in [0.29, 0.717) is 17.6 Å². The van der Waals surface area contributed by atoms with Crippen molar-refractivity contribution in [3.8, 4) is 0 Å². The lowest BCUT2D eigenvalue weighted by atomic mass is 10.0. The highest BCUT2D eigenvalue weighted by molar-refractivity contribution is 7.99. The number of carbonyl (C=O) groups is 1. The third-order valence-electron chi connectivity index (χ3n) is 2.68. The maximum absolute atomic E-state index is 10.5. The monoisotopic (exact) mass is 258 g/mol. The van der Waals surface area contributed by atoms with Gasteiger partial charge in [0.2, 0.25) is 5.16 Å². The van der Waals surface area contributed by atoms with Crippen LogP contribution in [0.3, 0.4) is 0 Å². The van der Waals surface area contributed by atoms with Gasteiger partial charge in [0.1, 0.15) is 5.60 Å². The largest absolute Gasteiger partial charge is 0.481 e. The zero-order valence-corrected chi connectivity index (χ0v) is 10.2. The predicted molar refractivity (Wildman–Crippen MR) is 61.1 cm³/mol. The summed E-state index contributed by atoms with van der Waals surface area (Å²) < 4.78 is 6.94. The highest BCUT2D eigenvalue weighted by Gasteiger charge is 2.37. The minimum absolute atomic E-state index is 0.0904. The van der Waals surface area contributed by atoms with Crippen molar-refractivity contribution in [1.29, 1.82) is 0 Å². The lowest BCUT2D eigenvalue weighted by Crippen LogP contribution is -2.28. The van der Waals surface area contributed by atoms with Crippen molar-refractivity contribution < 1.29 is 14.6 Å². The van der Waals surface area contributed by atoms with Crippen molar-refractivity contribution in [2.75, 3.05) is 18.2 Å². The molecule has 0 radical (unpaired) electrons. The number of hydrogen-bond donors (Lipinski definition) is 2. The Bertz CT molecular complexity index is 428. The van der Waals surface area contributed by atoms with Crippen LogP contribution in [0.1, 0.15) is 25.6 Å². The van der Waals surface area contributed by atoms with Crippen molar-refractivity contribution in [2.45, 2.75) is 30.5 Å². The number of ether oxygens (including phenoxy) is 1. The highest BCUT2D eigenvalue weighted by atomic mass is 32.2. The van der Waals surface area contributed by atoms with E-state index >= 15 is 0 Å². The second-order valence-electron chi connectivity index (χ2n) is 4.04. The summed E-state index contributed by atoms with van der Waals surface area (Å²) in [5.41, 5.74) is -0.510. The molecule has 1 aromatic heterocycles. The molecule has 7 nitrogen and oxygen atoms in total. The summed E-state index contributed by atoms with van der Waals surface area (Å²) in [5.74, 6) is 5.39. The van der Waals surface area contributed by atoms with Gasteiger partial charge in [-0.05, 0) is 19.8 Å². The fraction of sp³-hybridized carbons (Fsp3) is 0.667. The predicted octanol–water partition coefficient (Wildman–Crippen LogP) is 0.194. The van der Waals surface area contributed by atoms with Gasteiger partial charge in [-0.2, -0.15) is 0 Å². The standard InChI is InChI=1S/C9H14N4O3S/c1-9(3-2-4-16-9)7-11-12-8(13(7)10)17-5-6(14)15/h2-5,10H2,1H3,(H,14,15). The molecule has 0 spiro atoms. The Labute approximate surface area is 102 Å². The number of rotatable bonds is 4. The van der Waals surface area contributed by atoms with E-state index in [1.54, 1.807) is 0 Å². The van der Waals surface area contributed by atoms with Gasteiger partial charge in [-0.25, -0.2) is 4.68 Å². The van der Waals surface area contributed by atoms with E-state index < -0.39 is 11.6 Å². The Balaban J connectivity index is 2.17. The molecule has 0 bridgehead atoms. The molecule has 1 atom stereocenters. The first kappa shape index (κ1) is 12.2. The Kier molecular flexibility index (Phi) is 3.25. The molecular formula is C9H14N4O3S. The quantitative estimate of drug-likeness (QED) is 0.587. The summed E-state index contributed by atoms with van der Waals surface area (Å²) in [6, 6.07) is 0. The molecule has 1 saturated heterocycles. The van der Waals surface area contributed by atoms with Gasteiger partial charge in [-0.15, -0.1) is 10.2 Å². The lowest BCUT2D eigenvalue weighted by molar-refractivity contribution is -0.133. The number of aromatic nitrogens is 3. The zero-order valence-electron chi connectivity index (χ0n) is 9.42. The number of nitrogen functional groups attached to an aromatic ring is 1. The Morgan fingerprint density at radius 1 is 1.71 bits per heavy atom. The van der Waals surface area contributed by atoms with Gasteiger partial charge in [0.05, 0.1) is 5.75 Å². The normalized spacial score (nSPS) is 24.1. The maximum Gasteiger partial charge on any atom is 0.313 e. The van der Waals surface area contributed by atoms with E-state index in [0.717, 1.165) is 24.6 Å². The average Bonchev–Trinajstić information content (AvgIpc) is 2.83. The van der Waals surface area contributed by atoms with E-state index in [1.165, 1.54) is 4.68 Å². The van der Waals surface area contributed by atoms with Crippen molar-refractivity contribution in [2.24, 2.45) is 0 Å². The molecule has 0 aliphatic carbocycles. The topological polar surface area (TPSA) is 103 Å². The first-order chi connectivity index (χ1) is 8.03. The van der Waals surface area contributed by atoms with Crippen LogP contribution in [0.15, 0.2) is 5.16 Å². The number of nitrogens with two attached hydrogens (primary N) is 1. The molecular weight excluding hydrogens is 244 g/mol. The molecule has 1 aliphatic rings. The molecule has 94 valence electrons. The van der Waals surface area contributed by atoms with Gasteiger partial charge in [-0.1, -0.05) is 11.8 Å². The van der Waals surface area contributed by atoms with Gasteiger partial charge in [-0.3, -0.25) is 4.79 Å². The summed E-state index contributed by atoms with van der Waals surface area (Å²) >= 11 is 1.04. The third-order valence-corrected chi connectivity index (χ3v) is 3.61. The first-order valence-corrected chi connectivity index (χ1v) is 6.21. The Morgan fingerprint density at radius 3 is 3.06 bits per heavy atom.